The van der Waals surface area contributed by atoms with E-state index >= 15 is 0 Å². The van der Waals surface area contributed by atoms with Crippen LogP contribution in [-0.4, -0.2) is 27.6 Å². The number of amides is 1. The number of rotatable bonds is 4. The Kier molecular flexibility index (Phi) is 4.83. The summed E-state index contributed by atoms with van der Waals surface area (Å²) in [5.74, 6) is -0.355. The van der Waals surface area contributed by atoms with Crippen molar-refractivity contribution in [2.45, 2.75) is 45.7 Å². The summed E-state index contributed by atoms with van der Waals surface area (Å²) < 4.78 is 0. The number of nitrogens with zero attached hydrogens (tertiary/aromatic N) is 1. The molecule has 0 radical (unpaired) electrons. The molecular weight excluding hydrogens is 316 g/mol. The van der Waals surface area contributed by atoms with Crippen LogP contribution in [0.1, 0.15) is 58.7 Å². The van der Waals surface area contributed by atoms with Gasteiger partial charge in [0.15, 0.2) is 5.78 Å². The summed E-state index contributed by atoms with van der Waals surface area (Å²) in [5.41, 5.74) is 1.75. The molecule has 0 bridgehead atoms. The smallest absolute Gasteiger partial charge is 0.261 e. The summed E-state index contributed by atoms with van der Waals surface area (Å²) in [6.45, 7) is 4.25. The zero-order chi connectivity index (χ0) is 18.0. The molecule has 0 fully saturated rings. The number of hydrogen-bond acceptors (Lipinski definition) is 3. The second-order valence-corrected chi connectivity index (χ2v) is 6.69. The molecule has 1 heterocycles. The number of aromatic nitrogens is 1. The van der Waals surface area contributed by atoms with Gasteiger partial charge in [-0.1, -0.05) is 30.3 Å². The maximum absolute atomic E-state index is 13.0. The summed E-state index contributed by atoms with van der Waals surface area (Å²) in [7, 11) is 0. The highest BCUT2D eigenvalue weighted by molar-refractivity contribution is 6.01. The molecule has 1 amide bonds. The Morgan fingerprint density at radius 1 is 1.16 bits per heavy atom. The lowest BCUT2D eigenvalue weighted by atomic mass is 9.93. The molecule has 1 N–H and O–H groups in total. The molecule has 0 aliphatic heterocycles. The predicted octanol–water partition coefficient (Wildman–Crippen LogP) is 2.94. The van der Waals surface area contributed by atoms with Crippen LogP contribution in [0.3, 0.4) is 0 Å². The lowest BCUT2D eigenvalue weighted by Crippen LogP contribution is -2.39. The number of H-pyrrole nitrogens is 1. The molecule has 1 aromatic heterocycles. The number of ketones is 1. The highest BCUT2D eigenvalue weighted by atomic mass is 16.2. The van der Waals surface area contributed by atoms with Crippen molar-refractivity contribution >= 4 is 11.7 Å². The van der Waals surface area contributed by atoms with E-state index in [0.29, 0.717) is 30.6 Å². The Bertz CT molecular complexity index is 853. The SMILES string of the molecule is CC(C)N(Cc1ccccc1)C(=O)c1cc2c([nH]c1=O)CCCC2=O. The molecule has 0 saturated heterocycles. The number of aromatic amines is 1. The average molecular weight is 338 g/mol. The van der Waals surface area contributed by atoms with Gasteiger partial charge in [-0.05, 0) is 38.3 Å². The Hall–Kier alpha value is -2.69. The van der Waals surface area contributed by atoms with E-state index in [2.05, 4.69) is 4.98 Å². The van der Waals surface area contributed by atoms with Crippen molar-refractivity contribution in [2.75, 3.05) is 0 Å². The van der Waals surface area contributed by atoms with Crippen LogP contribution in [0.25, 0.3) is 0 Å². The first-order valence-corrected chi connectivity index (χ1v) is 8.61. The van der Waals surface area contributed by atoms with Gasteiger partial charge in [0.2, 0.25) is 0 Å². The molecular formula is C20H22N2O3. The molecule has 25 heavy (non-hydrogen) atoms. The van der Waals surface area contributed by atoms with Gasteiger partial charge in [0.05, 0.1) is 0 Å². The Balaban J connectivity index is 1.96. The monoisotopic (exact) mass is 338 g/mol. The van der Waals surface area contributed by atoms with Crippen molar-refractivity contribution in [2.24, 2.45) is 0 Å². The molecule has 0 unspecified atom stereocenters. The first-order valence-electron chi connectivity index (χ1n) is 8.61. The Morgan fingerprint density at radius 2 is 1.88 bits per heavy atom. The second kappa shape index (κ2) is 7.05. The van der Waals surface area contributed by atoms with Crippen molar-refractivity contribution in [1.29, 1.82) is 0 Å². The summed E-state index contributed by atoms with van der Waals surface area (Å²) in [4.78, 5) is 41.9. The van der Waals surface area contributed by atoms with E-state index < -0.39 is 5.56 Å². The third-order valence-corrected chi connectivity index (χ3v) is 4.56. The van der Waals surface area contributed by atoms with Crippen LogP contribution >= 0.6 is 0 Å². The number of aryl methyl sites for hydroxylation is 1. The van der Waals surface area contributed by atoms with Crippen molar-refractivity contribution < 1.29 is 9.59 Å². The number of carbonyl (C=O) groups excluding carboxylic acids is 2. The maximum atomic E-state index is 13.0. The molecule has 0 saturated carbocycles. The number of benzene rings is 1. The van der Waals surface area contributed by atoms with Crippen molar-refractivity contribution in [3.05, 3.63) is 69.1 Å². The van der Waals surface area contributed by atoms with E-state index in [4.69, 9.17) is 0 Å². The van der Waals surface area contributed by atoms with Gasteiger partial charge in [0, 0.05) is 30.3 Å². The van der Waals surface area contributed by atoms with E-state index in [1.54, 1.807) is 4.90 Å². The van der Waals surface area contributed by atoms with Crippen LogP contribution in [0.5, 0.6) is 0 Å². The van der Waals surface area contributed by atoms with Gasteiger partial charge >= 0.3 is 0 Å². The van der Waals surface area contributed by atoms with E-state index in [9.17, 15) is 14.4 Å². The minimum absolute atomic E-state index is 0.00861. The minimum atomic E-state index is -0.419. The van der Waals surface area contributed by atoms with Crippen LogP contribution in [0, 0.1) is 0 Å². The van der Waals surface area contributed by atoms with Crippen LogP contribution in [0.4, 0.5) is 0 Å². The van der Waals surface area contributed by atoms with Gasteiger partial charge in [-0.2, -0.15) is 0 Å². The van der Waals surface area contributed by atoms with Crippen molar-refractivity contribution in [3.8, 4) is 0 Å². The van der Waals surface area contributed by atoms with Gasteiger partial charge in [0.25, 0.3) is 11.5 Å². The molecule has 5 nitrogen and oxygen atoms in total. The lowest BCUT2D eigenvalue weighted by molar-refractivity contribution is 0.0688. The number of Topliss-reactive ketones (excluding diaryl/α,β-unsaturated/α-hetero) is 1. The maximum Gasteiger partial charge on any atom is 0.261 e. The molecule has 0 atom stereocenters. The van der Waals surface area contributed by atoms with Gasteiger partial charge in [-0.3, -0.25) is 14.4 Å². The highest BCUT2D eigenvalue weighted by Gasteiger charge is 2.26. The molecule has 5 heteroatoms. The Labute approximate surface area is 146 Å². The highest BCUT2D eigenvalue weighted by Crippen LogP contribution is 2.20. The third kappa shape index (κ3) is 3.55. The number of carbonyl (C=O) groups is 2. The molecule has 3 rings (SSSR count). The van der Waals surface area contributed by atoms with Gasteiger partial charge in [-0.25, -0.2) is 0 Å². The van der Waals surface area contributed by atoms with Crippen LogP contribution in [-0.2, 0) is 13.0 Å². The van der Waals surface area contributed by atoms with Crippen LogP contribution in [0.2, 0.25) is 0 Å². The second-order valence-electron chi connectivity index (χ2n) is 6.69. The molecule has 1 aliphatic rings. The van der Waals surface area contributed by atoms with Gasteiger partial charge < -0.3 is 9.88 Å². The molecule has 1 aromatic carbocycles. The fraction of sp³-hybridized carbons (Fsp3) is 0.350. The summed E-state index contributed by atoms with van der Waals surface area (Å²) >= 11 is 0. The summed E-state index contributed by atoms with van der Waals surface area (Å²) in [6.07, 6.45) is 1.87. The fourth-order valence-electron chi connectivity index (χ4n) is 3.16. The minimum Gasteiger partial charge on any atom is -0.332 e. The number of nitrogens with one attached hydrogen (secondary N) is 1. The number of pyridine rings is 1. The average Bonchev–Trinajstić information content (AvgIpc) is 2.59. The largest absolute Gasteiger partial charge is 0.332 e. The lowest BCUT2D eigenvalue weighted by Gasteiger charge is -2.27. The first-order chi connectivity index (χ1) is 12.0. The molecule has 130 valence electrons. The van der Waals surface area contributed by atoms with Gasteiger partial charge in [0.1, 0.15) is 5.56 Å². The van der Waals surface area contributed by atoms with Crippen LogP contribution < -0.4 is 5.56 Å². The zero-order valence-corrected chi connectivity index (χ0v) is 14.5. The fourth-order valence-corrected chi connectivity index (χ4v) is 3.16. The summed E-state index contributed by atoms with van der Waals surface area (Å²) in [6, 6.07) is 11.1. The van der Waals surface area contributed by atoms with Crippen molar-refractivity contribution in [3.63, 3.8) is 0 Å². The van der Waals surface area contributed by atoms with Crippen LogP contribution in [0.15, 0.2) is 41.2 Å². The first kappa shape index (κ1) is 17.1. The quantitative estimate of drug-likeness (QED) is 0.932. The zero-order valence-electron chi connectivity index (χ0n) is 14.5. The standard InChI is InChI=1S/C20H22N2O3/c1-13(2)22(12-14-7-4-3-5-8-14)20(25)16-11-15-17(21-19(16)24)9-6-10-18(15)23/h3-5,7-8,11,13H,6,9-10,12H2,1-2H3,(H,21,24). The Morgan fingerprint density at radius 3 is 2.56 bits per heavy atom. The molecule has 1 aliphatic carbocycles. The number of hydrogen-bond donors (Lipinski definition) is 1. The predicted molar refractivity (Wildman–Crippen MR) is 95.8 cm³/mol. The number of fused-ring (bicyclic) bond motifs is 1. The topological polar surface area (TPSA) is 70.2 Å². The van der Waals surface area contributed by atoms with E-state index in [-0.39, 0.29) is 23.3 Å². The van der Waals surface area contributed by atoms with Gasteiger partial charge in [-0.15, -0.1) is 0 Å². The summed E-state index contributed by atoms with van der Waals surface area (Å²) in [5, 5.41) is 0. The molecule has 0 spiro atoms. The normalized spacial score (nSPS) is 13.6. The van der Waals surface area contributed by atoms with E-state index in [0.717, 1.165) is 12.0 Å². The molecule has 2 aromatic rings. The van der Waals surface area contributed by atoms with E-state index in [1.165, 1.54) is 6.07 Å². The van der Waals surface area contributed by atoms with E-state index in [1.807, 2.05) is 44.2 Å². The van der Waals surface area contributed by atoms with Crippen molar-refractivity contribution in [1.82, 2.24) is 9.88 Å². The third-order valence-electron chi connectivity index (χ3n) is 4.56.